The van der Waals surface area contributed by atoms with Crippen LogP contribution in [0, 0.1) is 0 Å². The zero-order valence-corrected chi connectivity index (χ0v) is 11.4. The number of benzene rings is 1. The molecule has 1 atom stereocenters. The maximum absolute atomic E-state index is 11.6. The highest BCUT2D eigenvalue weighted by Gasteiger charge is 2.19. The minimum Gasteiger partial charge on any atom is -0.497 e. The molecule has 2 N–H and O–H groups in total. The number of nitrogens with two attached hydrogens (primary N) is 1. The molecule has 0 aliphatic carbocycles. The summed E-state index contributed by atoms with van der Waals surface area (Å²) in [7, 11) is 1.61. The number of esters is 1. The van der Waals surface area contributed by atoms with Gasteiger partial charge in [-0.1, -0.05) is 12.1 Å². The van der Waals surface area contributed by atoms with Crippen molar-refractivity contribution in [2.45, 2.75) is 38.8 Å². The van der Waals surface area contributed by atoms with Gasteiger partial charge in [0, 0.05) is 6.04 Å². The van der Waals surface area contributed by atoms with Crippen LogP contribution in [0.25, 0.3) is 0 Å². The summed E-state index contributed by atoms with van der Waals surface area (Å²) in [5.74, 6) is 0.481. The first-order valence-electron chi connectivity index (χ1n) is 5.93. The molecule has 1 rings (SSSR count). The first-order valence-corrected chi connectivity index (χ1v) is 5.93. The van der Waals surface area contributed by atoms with Crippen molar-refractivity contribution >= 4 is 5.97 Å². The van der Waals surface area contributed by atoms with E-state index in [0.29, 0.717) is 0 Å². The molecule has 4 nitrogen and oxygen atoms in total. The Hall–Kier alpha value is -1.55. The van der Waals surface area contributed by atoms with Crippen LogP contribution in [0.5, 0.6) is 5.75 Å². The molecular formula is C14H21NO3. The van der Waals surface area contributed by atoms with Crippen molar-refractivity contribution in [1.82, 2.24) is 0 Å². The van der Waals surface area contributed by atoms with Gasteiger partial charge in [0.1, 0.15) is 11.4 Å². The van der Waals surface area contributed by atoms with Gasteiger partial charge in [-0.05, 0) is 38.5 Å². The van der Waals surface area contributed by atoms with E-state index in [-0.39, 0.29) is 18.4 Å². The molecule has 0 bridgehead atoms. The molecular weight excluding hydrogens is 230 g/mol. The SMILES string of the molecule is COc1ccc(C(N)CC(=O)OC(C)(C)C)cc1. The predicted molar refractivity (Wildman–Crippen MR) is 70.4 cm³/mol. The molecule has 0 spiro atoms. The predicted octanol–water partition coefficient (Wildman–Crippen LogP) is 2.43. The minimum atomic E-state index is -0.475. The molecule has 0 fully saturated rings. The van der Waals surface area contributed by atoms with Gasteiger partial charge in [-0.2, -0.15) is 0 Å². The van der Waals surface area contributed by atoms with Crippen LogP contribution in [0.1, 0.15) is 38.8 Å². The van der Waals surface area contributed by atoms with Crippen molar-refractivity contribution in [2.24, 2.45) is 5.73 Å². The van der Waals surface area contributed by atoms with E-state index in [1.165, 1.54) is 0 Å². The van der Waals surface area contributed by atoms with E-state index in [4.69, 9.17) is 15.2 Å². The Bertz CT molecular complexity index is 392. The van der Waals surface area contributed by atoms with Crippen molar-refractivity contribution in [1.29, 1.82) is 0 Å². The van der Waals surface area contributed by atoms with Gasteiger partial charge in [0.05, 0.1) is 13.5 Å². The van der Waals surface area contributed by atoms with Gasteiger partial charge in [-0.15, -0.1) is 0 Å². The molecule has 0 saturated heterocycles. The quantitative estimate of drug-likeness (QED) is 0.835. The van der Waals surface area contributed by atoms with Crippen LogP contribution in [-0.4, -0.2) is 18.7 Å². The fraction of sp³-hybridized carbons (Fsp3) is 0.500. The van der Waals surface area contributed by atoms with Crippen molar-refractivity contribution in [2.75, 3.05) is 7.11 Å². The Kier molecular flexibility index (Phi) is 4.73. The van der Waals surface area contributed by atoms with E-state index < -0.39 is 5.60 Å². The number of methoxy groups -OCH3 is 1. The van der Waals surface area contributed by atoms with Gasteiger partial charge < -0.3 is 15.2 Å². The maximum Gasteiger partial charge on any atom is 0.308 e. The van der Waals surface area contributed by atoms with Crippen molar-refractivity contribution in [3.8, 4) is 5.75 Å². The van der Waals surface area contributed by atoms with E-state index in [0.717, 1.165) is 11.3 Å². The van der Waals surface area contributed by atoms with Crippen LogP contribution >= 0.6 is 0 Å². The third-order valence-corrected chi connectivity index (χ3v) is 2.35. The van der Waals surface area contributed by atoms with Gasteiger partial charge in [0.25, 0.3) is 0 Å². The molecule has 4 heteroatoms. The summed E-state index contributed by atoms with van der Waals surface area (Å²) in [6, 6.07) is 7.00. The second-order valence-corrected chi connectivity index (χ2v) is 5.17. The second kappa shape index (κ2) is 5.87. The lowest BCUT2D eigenvalue weighted by atomic mass is 10.0. The first-order chi connectivity index (χ1) is 8.31. The molecule has 1 aromatic rings. The largest absolute Gasteiger partial charge is 0.497 e. The van der Waals surface area contributed by atoms with Crippen molar-refractivity contribution in [3.63, 3.8) is 0 Å². The van der Waals surface area contributed by atoms with E-state index in [9.17, 15) is 4.79 Å². The summed E-state index contributed by atoms with van der Waals surface area (Å²) in [6.45, 7) is 5.51. The standard InChI is InChI=1S/C14H21NO3/c1-14(2,3)18-13(16)9-12(15)10-5-7-11(17-4)8-6-10/h5-8,12H,9,15H2,1-4H3. The van der Waals surface area contributed by atoms with Crippen LogP contribution in [0.15, 0.2) is 24.3 Å². The molecule has 100 valence electrons. The Morgan fingerprint density at radius 3 is 2.28 bits per heavy atom. The highest BCUT2D eigenvalue weighted by atomic mass is 16.6. The van der Waals surface area contributed by atoms with E-state index in [1.807, 2.05) is 45.0 Å². The Labute approximate surface area is 108 Å². The molecule has 0 aliphatic heterocycles. The lowest BCUT2D eigenvalue weighted by molar-refractivity contribution is -0.155. The van der Waals surface area contributed by atoms with E-state index in [1.54, 1.807) is 7.11 Å². The summed E-state index contributed by atoms with van der Waals surface area (Å²) >= 11 is 0. The number of hydrogen-bond donors (Lipinski definition) is 1. The van der Waals surface area contributed by atoms with Gasteiger partial charge in [0.2, 0.25) is 0 Å². The third-order valence-electron chi connectivity index (χ3n) is 2.35. The highest BCUT2D eigenvalue weighted by Crippen LogP contribution is 2.19. The zero-order valence-electron chi connectivity index (χ0n) is 11.4. The summed E-state index contributed by atoms with van der Waals surface area (Å²) < 4.78 is 10.3. The Balaban J connectivity index is 2.59. The van der Waals surface area contributed by atoms with Crippen LogP contribution in [0.3, 0.4) is 0 Å². The van der Waals surface area contributed by atoms with Crippen LogP contribution in [0.4, 0.5) is 0 Å². The highest BCUT2D eigenvalue weighted by molar-refractivity contribution is 5.70. The average Bonchev–Trinajstić information content (AvgIpc) is 2.26. The average molecular weight is 251 g/mol. The molecule has 0 radical (unpaired) electrons. The summed E-state index contributed by atoms with van der Waals surface area (Å²) in [5.41, 5.74) is 6.38. The Morgan fingerprint density at radius 1 is 1.28 bits per heavy atom. The zero-order chi connectivity index (χ0) is 13.8. The maximum atomic E-state index is 11.6. The lowest BCUT2D eigenvalue weighted by Gasteiger charge is -2.21. The van der Waals surface area contributed by atoms with Crippen molar-refractivity contribution < 1.29 is 14.3 Å². The molecule has 0 amide bonds. The number of carbonyl (C=O) groups is 1. The van der Waals surface area contributed by atoms with E-state index >= 15 is 0 Å². The van der Waals surface area contributed by atoms with Gasteiger partial charge in [-0.3, -0.25) is 4.79 Å². The molecule has 18 heavy (non-hydrogen) atoms. The topological polar surface area (TPSA) is 61.5 Å². The monoisotopic (exact) mass is 251 g/mol. The van der Waals surface area contributed by atoms with Gasteiger partial charge >= 0.3 is 5.97 Å². The Morgan fingerprint density at radius 2 is 1.83 bits per heavy atom. The number of ether oxygens (including phenoxy) is 2. The molecule has 1 aromatic carbocycles. The lowest BCUT2D eigenvalue weighted by Crippen LogP contribution is -2.26. The molecule has 1 unspecified atom stereocenters. The number of carbonyl (C=O) groups excluding carboxylic acids is 1. The number of hydrogen-bond acceptors (Lipinski definition) is 4. The second-order valence-electron chi connectivity index (χ2n) is 5.17. The first kappa shape index (κ1) is 14.5. The summed E-state index contributed by atoms with van der Waals surface area (Å²) in [4.78, 5) is 11.6. The van der Waals surface area contributed by atoms with Gasteiger partial charge in [0.15, 0.2) is 0 Å². The van der Waals surface area contributed by atoms with E-state index in [2.05, 4.69) is 0 Å². The fourth-order valence-electron chi connectivity index (χ4n) is 1.53. The molecule has 0 aliphatic rings. The number of rotatable bonds is 4. The fourth-order valence-corrected chi connectivity index (χ4v) is 1.53. The third kappa shape index (κ3) is 4.75. The smallest absolute Gasteiger partial charge is 0.308 e. The summed E-state index contributed by atoms with van der Waals surface area (Å²) in [6.07, 6.45) is 0.170. The molecule has 0 heterocycles. The minimum absolute atomic E-state index is 0.170. The van der Waals surface area contributed by atoms with Crippen LogP contribution in [-0.2, 0) is 9.53 Å². The van der Waals surface area contributed by atoms with Crippen LogP contribution < -0.4 is 10.5 Å². The van der Waals surface area contributed by atoms with Gasteiger partial charge in [-0.25, -0.2) is 0 Å². The van der Waals surface area contributed by atoms with Crippen molar-refractivity contribution in [3.05, 3.63) is 29.8 Å². The molecule has 0 saturated carbocycles. The summed E-state index contributed by atoms with van der Waals surface area (Å²) in [5, 5.41) is 0. The normalized spacial score (nSPS) is 12.9. The van der Waals surface area contributed by atoms with Crippen LogP contribution in [0.2, 0.25) is 0 Å². The molecule has 0 aromatic heterocycles.